The van der Waals surface area contributed by atoms with Gasteiger partial charge in [0.25, 0.3) is 0 Å². The van der Waals surface area contributed by atoms with Crippen LogP contribution < -0.4 is 10.1 Å². The molecule has 1 aromatic heterocycles. The first-order valence-corrected chi connectivity index (χ1v) is 5.58. The minimum atomic E-state index is 0.681. The van der Waals surface area contributed by atoms with Crippen molar-refractivity contribution in [3.8, 4) is 5.75 Å². The highest BCUT2D eigenvalue weighted by atomic mass is 16.5. The summed E-state index contributed by atoms with van der Waals surface area (Å²) in [7, 11) is 1.70. The molecule has 1 heterocycles. The quantitative estimate of drug-likeness (QED) is 0.850. The highest BCUT2D eigenvalue weighted by molar-refractivity contribution is 5.59. The Bertz CT molecular complexity index is 492. The molecule has 0 atom stereocenters. The fourth-order valence-corrected chi connectivity index (χ4v) is 1.91. The van der Waals surface area contributed by atoms with Gasteiger partial charge in [0.2, 0.25) is 0 Å². The number of benzene rings is 1. The minimum Gasteiger partial charge on any atom is -0.496 e. The monoisotopic (exact) mass is 231 g/mol. The molecule has 1 aromatic carbocycles. The number of aryl methyl sites for hydroxylation is 1. The van der Waals surface area contributed by atoms with Gasteiger partial charge in [0.05, 0.1) is 13.7 Å². The number of ether oxygens (including phenoxy) is 1. The molecule has 0 aliphatic rings. The average molecular weight is 231 g/mol. The van der Waals surface area contributed by atoms with E-state index in [0.29, 0.717) is 6.54 Å². The van der Waals surface area contributed by atoms with Gasteiger partial charge < -0.3 is 15.0 Å². The van der Waals surface area contributed by atoms with Gasteiger partial charge in [0, 0.05) is 23.6 Å². The van der Waals surface area contributed by atoms with Gasteiger partial charge in [-0.3, -0.25) is 0 Å². The fraction of sp³-hybridized carbons (Fsp3) is 0.308. The number of methoxy groups -OCH3 is 1. The van der Waals surface area contributed by atoms with Crippen LogP contribution in [0.5, 0.6) is 5.75 Å². The molecule has 0 bridgehead atoms. The molecule has 0 radical (unpaired) electrons. The smallest absolute Gasteiger partial charge is 0.126 e. The van der Waals surface area contributed by atoms with Gasteiger partial charge in [-0.1, -0.05) is 6.07 Å². The molecular weight excluding hydrogens is 214 g/mol. The fourth-order valence-electron chi connectivity index (χ4n) is 1.91. The molecule has 90 valence electrons. The van der Waals surface area contributed by atoms with Crippen LogP contribution in [0.25, 0.3) is 0 Å². The molecule has 0 saturated carbocycles. The Morgan fingerprint density at radius 1 is 1.35 bits per heavy atom. The molecule has 0 aliphatic carbocycles. The number of H-pyrrole nitrogens is 1. The molecule has 2 N–H and O–H groups in total. The number of nitrogens with one attached hydrogen (secondary N) is 2. The second-order valence-corrected chi connectivity index (χ2v) is 3.98. The van der Waals surface area contributed by atoms with E-state index in [9.17, 15) is 0 Å². The Balaban J connectivity index is 2.16. The first kappa shape index (κ1) is 11.5. The second-order valence-electron chi connectivity index (χ2n) is 3.98. The molecule has 2 aromatic rings. The molecule has 0 saturated heterocycles. The molecule has 4 heteroatoms. The number of aromatic nitrogens is 2. The third kappa shape index (κ3) is 2.41. The Labute approximate surface area is 101 Å². The van der Waals surface area contributed by atoms with E-state index in [4.69, 9.17) is 4.74 Å². The van der Waals surface area contributed by atoms with Crippen molar-refractivity contribution in [2.75, 3.05) is 12.4 Å². The lowest BCUT2D eigenvalue weighted by atomic mass is 10.1. The lowest BCUT2D eigenvalue weighted by molar-refractivity contribution is 0.409. The maximum absolute atomic E-state index is 5.39. The van der Waals surface area contributed by atoms with Crippen LogP contribution >= 0.6 is 0 Å². The van der Waals surface area contributed by atoms with Crippen molar-refractivity contribution in [2.45, 2.75) is 20.4 Å². The van der Waals surface area contributed by atoms with Crippen molar-refractivity contribution >= 4 is 5.69 Å². The topological polar surface area (TPSA) is 49.9 Å². The average Bonchev–Trinajstić information content (AvgIpc) is 2.82. The number of aromatic amines is 1. The number of nitrogens with zero attached hydrogens (tertiary/aromatic N) is 1. The number of hydrogen-bond acceptors (Lipinski definition) is 3. The van der Waals surface area contributed by atoms with Gasteiger partial charge in [0.15, 0.2) is 0 Å². The van der Waals surface area contributed by atoms with Gasteiger partial charge in [-0.15, -0.1) is 0 Å². The third-order valence-electron chi connectivity index (χ3n) is 2.81. The molecule has 0 fully saturated rings. The predicted octanol–water partition coefficient (Wildman–Crippen LogP) is 2.65. The van der Waals surface area contributed by atoms with E-state index in [0.717, 1.165) is 28.4 Å². The van der Waals surface area contributed by atoms with Crippen molar-refractivity contribution in [1.29, 1.82) is 0 Å². The van der Waals surface area contributed by atoms with Crippen molar-refractivity contribution in [3.05, 3.63) is 41.5 Å². The summed E-state index contributed by atoms with van der Waals surface area (Å²) in [5.41, 5.74) is 3.34. The summed E-state index contributed by atoms with van der Waals surface area (Å²) in [6.45, 7) is 4.78. The number of hydrogen-bond donors (Lipinski definition) is 2. The number of imidazole rings is 1. The van der Waals surface area contributed by atoms with Crippen LogP contribution in [0.15, 0.2) is 24.5 Å². The summed E-state index contributed by atoms with van der Waals surface area (Å²) in [5, 5.41) is 3.34. The zero-order valence-electron chi connectivity index (χ0n) is 10.4. The van der Waals surface area contributed by atoms with Crippen molar-refractivity contribution in [1.82, 2.24) is 9.97 Å². The van der Waals surface area contributed by atoms with E-state index in [1.54, 1.807) is 13.3 Å². The van der Waals surface area contributed by atoms with Gasteiger partial charge in [-0.05, 0) is 25.5 Å². The minimum absolute atomic E-state index is 0.681. The van der Waals surface area contributed by atoms with Crippen molar-refractivity contribution in [2.24, 2.45) is 0 Å². The molecule has 0 amide bonds. The maximum Gasteiger partial charge on any atom is 0.126 e. The first-order chi connectivity index (χ1) is 8.22. The van der Waals surface area contributed by atoms with E-state index < -0.39 is 0 Å². The number of rotatable bonds is 4. The van der Waals surface area contributed by atoms with Crippen LogP contribution in [-0.2, 0) is 6.54 Å². The Hall–Kier alpha value is -1.97. The molecule has 0 aliphatic heterocycles. The molecule has 2 rings (SSSR count). The summed E-state index contributed by atoms with van der Waals surface area (Å²) in [6.07, 6.45) is 3.57. The summed E-state index contributed by atoms with van der Waals surface area (Å²) in [5.74, 6) is 1.86. The second kappa shape index (κ2) is 4.91. The van der Waals surface area contributed by atoms with Crippen LogP contribution in [0.1, 0.15) is 17.0 Å². The summed E-state index contributed by atoms with van der Waals surface area (Å²) in [6, 6.07) is 4.12. The van der Waals surface area contributed by atoms with Crippen LogP contribution in [0.3, 0.4) is 0 Å². The summed E-state index contributed by atoms with van der Waals surface area (Å²) in [4.78, 5) is 7.23. The molecular formula is C13H17N3O. The first-order valence-electron chi connectivity index (χ1n) is 5.58. The van der Waals surface area contributed by atoms with Crippen LogP contribution in [0.4, 0.5) is 5.69 Å². The lowest BCUT2D eigenvalue weighted by Gasteiger charge is -2.14. The Morgan fingerprint density at radius 2 is 2.18 bits per heavy atom. The maximum atomic E-state index is 5.39. The van der Waals surface area contributed by atoms with Gasteiger partial charge in [-0.2, -0.15) is 0 Å². The molecule has 4 nitrogen and oxygen atoms in total. The zero-order valence-corrected chi connectivity index (χ0v) is 10.4. The summed E-state index contributed by atoms with van der Waals surface area (Å²) < 4.78 is 5.39. The molecule has 0 unspecified atom stereocenters. The highest BCUT2D eigenvalue weighted by Crippen LogP contribution is 2.29. The van der Waals surface area contributed by atoms with Crippen LogP contribution in [-0.4, -0.2) is 17.1 Å². The van der Waals surface area contributed by atoms with E-state index in [1.807, 2.05) is 13.1 Å². The van der Waals surface area contributed by atoms with Crippen molar-refractivity contribution in [3.63, 3.8) is 0 Å². The van der Waals surface area contributed by atoms with E-state index >= 15 is 0 Å². The Kier molecular flexibility index (Phi) is 3.32. The molecule has 17 heavy (non-hydrogen) atoms. The third-order valence-corrected chi connectivity index (χ3v) is 2.81. The van der Waals surface area contributed by atoms with E-state index in [1.165, 1.54) is 0 Å². The lowest BCUT2D eigenvalue weighted by Crippen LogP contribution is -2.04. The normalized spacial score (nSPS) is 10.3. The summed E-state index contributed by atoms with van der Waals surface area (Å²) >= 11 is 0. The van der Waals surface area contributed by atoms with Crippen LogP contribution in [0.2, 0.25) is 0 Å². The zero-order chi connectivity index (χ0) is 12.3. The van der Waals surface area contributed by atoms with E-state index in [-0.39, 0.29) is 0 Å². The van der Waals surface area contributed by atoms with Gasteiger partial charge in [0.1, 0.15) is 11.6 Å². The highest BCUT2D eigenvalue weighted by Gasteiger charge is 2.07. The standard InChI is InChI=1S/C13H17N3O/c1-9-4-5-11(10(2)13(9)17-3)16-8-12-14-6-7-15-12/h4-7,16H,8H2,1-3H3,(H,14,15). The largest absolute Gasteiger partial charge is 0.496 e. The number of anilines is 1. The van der Waals surface area contributed by atoms with Gasteiger partial charge >= 0.3 is 0 Å². The van der Waals surface area contributed by atoms with Crippen LogP contribution in [0, 0.1) is 13.8 Å². The van der Waals surface area contributed by atoms with E-state index in [2.05, 4.69) is 34.3 Å². The van der Waals surface area contributed by atoms with Gasteiger partial charge in [-0.25, -0.2) is 4.98 Å². The SMILES string of the molecule is COc1c(C)ccc(NCc2ncc[nH]2)c1C. The Morgan fingerprint density at radius 3 is 2.82 bits per heavy atom. The van der Waals surface area contributed by atoms with Crippen molar-refractivity contribution < 1.29 is 4.74 Å². The molecule has 0 spiro atoms. The predicted molar refractivity (Wildman–Crippen MR) is 68.4 cm³/mol.